The second-order valence-electron chi connectivity index (χ2n) is 4.90. The van der Waals surface area contributed by atoms with Crippen molar-refractivity contribution in [3.05, 3.63) is 47.8 Å². The van der Waals surface area contributed by atoms with Gasteiger partial charge in [-0.05, 0) is 25.5 Å². The zero-order valence-electron chi connectivity index (χ0n) is 12.4. The largest absolute Gasteiger partial charge is 0.354 e. The molecule has 2 aromatic rings. The third-order valence-corrected chi connectivity index (χ3v) is 3.04. The van der Waals surface area contributed by atoms with Crippen LogP contribution in [0.3, 0.4) is 0 Å². The number of hydrogen-bond acceptors (Lipinski definition) is 4. The Morgan fingerprint density at radius 1 is 1.14 bits per heavy atom. The molecule has 0 fully saturated rings. The van der Waals surface area contributed by atoms with E-state index in [4.69, 9.17) is 0 Å². The molecule has 0 unspecified atom stereocenters. The number of nitrogens with one attached hydrogen (secondary N) is 2. The molecule has 0 atom stereocenters. The molecule has 0 aliphatic carbocycles. The quantitative estimate of drug-likeness (QED) is 0.799. The van der Waals surface area contributed by atoms with Crippen LogP contribution in [0.2, 0.25) is 0 Å². The predicted molar refractivity (Wildman–Crippen MR) is 84.6 cm³/mol. The molecule has 2 N–H and O–H groups in total. The van der Waals surface area contributed by atoms with E-state index in [1.165, 1.54) is 12.4 Å². The van der Waals surface area contributed by atoms with E-state index >= 15 is 0 Å². The minimum atomic E-state index is -0.209. The Balaban J connectivity index is 1.94. The van der Waals surface area contributed by atoms with Gasteiger partial charge in [0, 0.05) is 24.6 Å². The first-order valence-electron chi connectivity index (χ1n) is 7.13. The van der Waals surface area contributed by atoms with Crippen LogP contribution < -0.4 is 10.6 Å². The average Bonchev–Trinajstić information content (AvgIpc) is 2.50. The van der Waals surface area contributed by atoms with Gasteiger partial charge in [-0.15, -0.1) is 0 Å². The van der Waals surface area contributed by atoms with Gasteiger partial charge in [0.15, 0.2) is 0 Å². The van der Waals surface area contributed by atoms with Gasteiger partial charge in [-0.1, -0.05) is 31.0 Å². The third-order valence-electron chi connectivity index (χ3n) is 3.04. The number of aromatic nitrogens is 2. The van der Waals surface area contributed by atoms with Crippen LogP contribution in [0, 0.1) is 6.92 Å². The van der Waals surface area contributed by atoms with Gasteiger partial charge < -0.3 is 10.6 Å². The Morgan fingerprint density at radius 2 is 1.81 bits per heavy atom. The average molecular weight is 284 g/mol. The molecule has 2 rings (SSSR count). The standard InChI is InChI=1S/C16H20N4O/c1-3-4-9-17-16-18-10-13(11-19-16)15(21)20-14-7-5-12(2)6-8-14/h5-8,10-11H,3-4,9H2,1-2H3,(H,20,21)(H,17,18,19). The summed E-state index contributed by atoms with van der Waals surface area (Å²) < 4.78 is 0. The molecule has 1 amide bonds. The summed E-state index contributed by atoms with van der Waals surface area (Å²) in [7, 11) is 0. The van der Waals surface area contributed by atoms with Crippen molar-refractivity contribution >= 4 is 17.5 Å². The topological polar surface area (TPSA) is 66.9 Å². The number of amides is 1. The van der Waals surface area contributed by atoms with Crippen molar-refractivity contribution in [2.24, 2.45) is 0 Å². The van der Waals surface area contributed by atoms with E-state index < -0.39 is 0 Å². The molecule has 0 bridgehead atoms. The molecular formula is C16H20N4O. The van der Waals surface area contributed by atoms with Crippen LogP contribution in [0.25, 0.3) is 0 Å². The highest BCUT2D eigenvalue weighted by molar-refractivity contribution is 6.03. The summed E-state index contributed by atoms with van der Waals surface area (Å²) in [5, 5.41) is 5.93. The molecule has 0 spiro atoms. The summed E-state index contributed by atoms with van der Waals surface area (Å²) >= 11 is 0. The maximum absolute atomic E-state index is 12.1. The monoisotopic (exact) mass is 284 g/mol. The van der Waals surface area contributed by atoms with Crippen LogP contribution in [0.5, 0.6) is 0 Å². The molecule has 1 aromatic carbocycles. The normalized spacial score (nSPS) is 10.2. The number of unbranched alkanes of at least 4 members (excludes halogenated alkanes) is 1. The highest BCUT2D eigenvalue weighted by Gasteiger charge is 2.07. The smallest absolute Gasteiger partial charge is 0.258 e. The fourth-order valence-corrected chi connectivity index (χ4v) is 1.75. The Hall–Kier alpha value is -2.43. The van der Waals surface area contributed by atoms with Gasteiger partial charge in [-0.3, -0.25) is 4.79 Å². The van der Waals surface area contributed by atoms with Crippen LogP contribution in [0.4, 0.5) is 11.6 Å². The van der Waals surface area contributed by atoms with E-state index in [9.17, 15) is 4.79 Å². The molecule has 0 aliphatic rings. The van der Waals surface area contributed by atoms with E-state index in [2.05, 4.69) is 27.5 Å². The first-order valence-corrected chi connectivity index (χ1v) is 7.13. The van der Waals surface area contributed by atoms with Crippen molar-refractivity contribution in [2.45, 2.75) is 26.7 Å². The lowest BCUT2D eigenvalue weighted by Crippen LogP contribution is -2.13. The fraction of sp³-hybridized carbons (Fsp3) is 0.312. The maximum atomic E-state index is 12.1. The molecule has 5 nitrogen and oxygen atoms in total. The van der Waals surface area contributed by atoms with Crippen molar-refractivity contribution < 1.29 is 4.79 Å². The molecule has 1 aromatic heterocycles. The summed E-state index contributed by atoms with van der Waals surface area (Å²) in [6, 6.07) is 7.64. The number of carbonyl (C=O) groups is 1. The van der Waals surface area contributed by atoms with Crippen molar-refractivity contribution in [1.29, 1.82) is 0 Å². The maximum Gasteiger partial charge on any atom is 0.258 e. The summed E-state index contributed by atoms with van der Waals surface area (Å²) in [5.74, 6) is 0.342. The number of aryl methyl sites for hydroxylation is 1. The molecule has 0 aliphatic heterocycles. The van der Waals surface area contributed by atoms with Crippen LogP contribution >= 0.6 is 0 Å². The summed E-state index contributed by atoms with van der Waals surface area (Å²) in [4.78, 5) is 20.3. The molecule has 110 valence electrons. The summed E-state index contributed by atoms with van der Waals surface area (Å²) in [5.41, 5.74) is 2.35. The number of nitrogens with zero attached hydrogens (tertiary/aromatic N) is 2. The van der Waals surface area contributed by atoms with E-state index in [-0.39, 0.29) is 5.91 Å². The minimum absolute atomic E-state index is 0.209. The first-order chi connectivity index (χ1) is 10.2. The van der Waals surface area contributed by atoms with Crippen LogP contribution in [0.1, 0.15) is 35.7 Å². The number of rotatable bonds is 6. The van der Waals surface area contributed by atoms with Gasteiger partial charge in [0.1, 0.15) is 0 Å². The SMILES string of the molecule is CCCCNc1ncc(C(=O)Nc2ccc(C)cc2)cn1. The van der Waals surface area contributed by atoms with E-state index in [0.29, 0.717) is 11.5 Å². The molecule has 0 radical (unpaired) electrons. The Morgan fingerprint density at radius 3 is 2.43 bits per heavy atom. The van der Waals surface area contributed by atoms with Crippen LogP contribution in [-0.2, 0) is 0 Å². The van der Waals surface area contributed by atoms with E-state index in [0.717, 1.165) is 30.6 Å². The number of benzene rings is 1. The summed E-state index contributed by atoms with van der Waals surface area (Å²) in [6.45, 7) is 4.97. The molecule has 21 heavy (non-hydrogen) atoms. The van der Waals surface area contributed by atoms with Crippen molar-refractivity contribution in [1.82, 2.24) is 9.97 Å². The second-order valence-corrected chi connectivity index (χ2v) is 4.90. The van der Waals surface area contributed by atoms with Crippen molar-refractivity contribution in [3.63, 3.8) is 0 Å². The van der Waals surface area contributed by atoms with E-state index in [1.807, 2.05) is 31.2 Å². The zero-order chi connectivity index (χ0) is 15.1. The minimum Gasteiger partial charge on any atom is -0.354 e. The van der Waals surface area contributed by atoms with Crippen LogP contribution in [0.15, 0.2) is 36.7 Å². The number of anilines is 2. The van der Waals surface area contributed by atoms with Gasteiger partial charge in [0.2, 0.25) is 5.95 Å². The Bertz CT molecular complexity index is 578. The number of hydrogen-bond donors (Lipinski definition) is 2. The molecule has 5 heteroatoms. The lowest BCUT2D eigenvalue weighted by molar-refractivity contribution is 0.102. The molecule has 1 heterocycles. The predicted octanol–water partition coefficient (Wildman–Crippen LogP) is 3.25. The van der Waals surface area contributed by atoms with Gasteiger partial charge in [-0.25, -0.2) is 9.97 Å². The summed E-state index contributed by atoms with van der Waals surface area (Å²) in [6.07, 6.45) is 5.25. The van der Waals surface area contributed by atoms with Gasteiger partial charge >= 0.3 is 0 Å². The van der Waals surface area contributed by atoms with Crippen LogP contribution in [-0.4, -0.2) is 22.4 Å². The first kappa shape index (κ1) is 15.0. The molecule has 0 saturated heterocycles. The highest BCUT2D eigenvalue weighted by atomic mass is 16.1. The Kier molecular flexibility index (Phi) is 5.26. The molecule has 0 saturated carbocycles. The van der Waals surface area contributed by atoms with Crippen molar-refractivity contribution in [2.75, 3.05) is 17.2 Å². The van der Waals surface area contributed by atoms with E-state index in [1.54, 1.807) is 0 Å². The van der Waals surface area contributed by atoms with Gasteiger partial charge in [-0.2, -0.15) is 0 Å². The second kappa shape index (κ2) is 7.38. The zero-order valence-corrected chi connectivity index (χ0v) is 12.4. The van der Waals surface area contributed by atoms with Crippen molar-refractivity contribution in [3.8, 4) is 0 Å². The highest BCUT2D eigenvalue weighted by Crippen LogP contribution is 2.10. The Labute approximate surface area is 124 Å². The molecular weight excluding hydrogens is 264 g/mol. The fourth-order valence-electron chi connectivity index (χ4n) is 1.75. The lowest BCUT2D eigenvalue weighted by Gasteiger charge is -2.06. The number of carbonyl (C=O) groups excluding carboxylic acids is 1. The van der Waals surface area contributed by atoms with Gasteiger partial charge in [0.05, 0.1) is 5.56 Å². The third kappa shape index (κ3) is 4.56. The lowest BCUT2D eigenvalue weighted by atomic mass is 10.2. The van der Waals surface area contributed by atoms with Gasteiger partial charge in [0.25, 0.3) is 5.91 Å².